The number of aromatic nitrogens is 3. The predicted octanol–water partition coefficient (Wildman–Crippen LogP) is 2.22. The molecular formula is C11H13N3O2S. The van der Waals surface area contributed by atoms with Crippen molar-refractivity contribution in [3.63, 3.8) is 0 Å². The van der Waals surface area contributed by atoms with Gasteiger partial charge in [0.15, 0.2) is 5.82 Å². The van der Waals surface area contributed by atoms with Crippen LogP contribution >= 0.6 is 11.3 Å². The average molecular weight is 251 g/mol. The van der Waals surface area contributed by atoms with Crippen LogP contribution in [-0.4, -0.2) is 27.8 Å². The highest BCUT2D eigenvalue weighted by atomic mass is 32.1. The SMILES string of the molecule is Cc1ncsc1-c1nc(C[C@@H]2CCCO2)no1. The highest BCUT2D eigenvalue weighted by Gasteiger charge is 2.20. The van der Waals surface area contributed by atoms with Gasteiger partial charge in [-0.15, -0.1) is 11.3 Å². The van der Waals surface area contributed by atoms with Crippen LogP contribution in [0.3, 0.4) is 0 Å². The first kappa shape index (κ1) is 10.9. The molecule has 90 valence electrons. The molecule has 0 saturated carbocycles. The number of thiazole rings is 1. The van der Waals surface area contributed by atoms with Crippen molar-refractivity contribution < 1.29 is 9.26 Å². The molecule has 1 fully saturated rings. The zero-order chi connectivity index (χ0) is 11.7. The standard InChI is InChI=1S/C11H13N3O2S/c1-7-10(17-6-12-7)11-13-9(14-16-11)5-8-3-2-4-15-8/h6,8H,2-5H2,1H3/t8-/m0/s1. The molecule has 3 rings (SSSR count). The van der Waals surface area contributed by atoms with Crippen LogP contribution in [0, 0.1) is 6.92 Å². The molecule has 0 radical (unpaired) electrons. The number of nitrogens with zero attached hydrogens (tertiary/aromatic N) is 3. The zero-order valence-corrected chi connectivity index (χ0v) is 10.4. The van der Waals surface area contributed by atoms with Crippen molar-refractivity contribution in [1.29, 1.82) is 0 Å². The van der Waals surface area contributed by atoms with E-state index in [0.717, 1.165) is 42.3 Å². The maximum atomic E-state index is 5.55. The summed E-state index contributed by atoms with van der Waals surface area (Å²) in [5, 5.41) is 3.99. The third kappa shape index (κ3) is 2.23. The molecule has 1 aliphatic rings. The Labute approximate surface area is 103 Å². The first-order valence-corrected chi connectivity index (χ1v) is 6.55. The van der Waals surface area contributed by atoms with Gasteiger partial charge in [0, 0.05) is 13.0 Å². The summed E-state index contributed by atoms with van der Waals surface area (Å²) < 4.78 is 10.8. The van der Waals surface area contributed by atoms with Crippen molar-refractivity contribution >= 4 is 11.3 Å². The smallest absolute Gasteiger partial charge is 0.269 e. The summed E-state index contributed by atoms with van der Waals surface area (Å²) in [5.41, 5.74) is 2.72. The fraction of sp³-hybridized carbons (Fsp3) is 0.545. The van der Waals surface area contributed by atoms with E-state index in [2.05, 4.69) is 15.1 Å². The van der Waals surface area contributed by atoms with E-state index < -0.39 is 0 Å². The first-order chi connectivity index (χ1) is 8.33. The third-order valence-electron chi connectivity index (χ3n) is 2.84. The zero-order valence-electron chi connectivity index (χ0n) is 9.55. The largest absolute Gasteiger partial charge is 0.378 e. The minimum absolute atomic E-state index is 0.253. The first-order valence-electron chi connectivity index (χ1n) is 5.67. The van der Waals surface area contributed by atoms with Gasteiger partial charge < -0.3 is 9.26 Å². The van der Waals surface area contributed by atoms with E-state index in [1.807, 2.05) is 6.92 Å². The van der Waals surface area contributed by atoms with Gasteiger partial charge in [0.05, 0.1) is 17.3 Å². The maximum Gasteiger partial charge on any atom is 0.269 e. The lowest BCUT2D eigenvalue weighted by molar-refractivity contribution is 0.109. The second kappa shape index (κ2) is 4.54. The van der Waals surface area contributed by atoms with Crippen LogP contribution in [-0.2, 0) is 11.2 Å². The summed E-state index contributed by atoms with van der Waals surface area (Å²) in [5.74, 6) is 1.29. The molecule has 0 N–H and O–H groups in total. The van der Waals surface area contributed by atoms with Crippen LogP contribution in [0.4, 0.5) is 0 Å². The van der Waals surface area contributed by atoms with Gasteiger partial charge in [-0.05, 0) is 19.8 Å². The van der Waals surface area contributed by atoms with Gasteiger partial charge in [0.25, 0.3) is 5.89 Å². The summed E-state index contributed by atoms with van der Waals surface area (Å²) >= 11 is 1.52. The Morgan fingerprint density at radius 3 is 3.18 bits per heavy atom. The van der Waals surface area contributed by atoms with E-state index in [4.69, 9.17) is 9.26 Å². The Hall–Kier alpha value is -1.27. The highest BCUT2D eigenvalue weighted by molar-refractivity contribution is 7.13. The number of aryl methyl sites for hydroxylation is 1. The van der Waals surface area contributed by atoms with Crippen LogP contribution in [0.25, 0.3) is 10.8 Å². The lowest BCUT2D eigenvalue weighted by Gasteiger charge is -2.03. The molecule has 2 aromatic rings. The number of rotatable bonds is 3. The summed E-state index contributed by atoms with van der Waals surface area (Å²) in [7, 11) is 0. The molecule has 6 heteroatoms. The minimum Gasteiger partial charge on any atom is -0.378 e. The minimum atomic E-state index is 0.253. The summed E-state index contributed by atoms with van der Waals surface area (Å²) in [6, 6.07) is 0. The van der Waals surface area contributed by atoms with E-state index in [1.165, 1.54) is 11.3 Å². The van der Waals surface area contributed by atoms with Crippen LogP contribution in [0.15, 0.2) is 10.0 Å². The molecular weight excluding hydrogens is 238 g/mol. The molecule has 2 aromatic heterocycles. The van der Waals surface area contributed by atoms with Gasteiger partial charge in [-0.2, -0.15) is 4.98 Å². The Morgan fingerprint density at radius 2 is 2.47 bits per heavy atom. The quantitative estimate of drug-likeness (QED) is 0.837. The van der Waals surface area contributed by atoms with Crippen molar-refractivity contribution in [3.05, 3.63) is 17.0 Å². The van der Waals surface area contributed by atoms with Crippen molar-refractivity contribution in [2.45, 2.75) is 32.3 Å². The third-order valence-corrected chi connectivity index (χ3v) is 3.76. The molecule has 1 atom stereocenters. The molecule has 0 amide bonds. The van der Waals surface area contributed by atoms with Crippen LogP contribution in [0.2, 0.25) is 0 Å². The Balaban J connectivity index is 1.76. The van der Waals surface area contributed by atoms with Gasteiger partial charge in [-0.25, -0.2) is 4.98 Å². The lowest BCUT2D eigenvalue weighted by Crippen LogP contribution is -2.09. The Morgan fingerprint density at radius 1 is 1.53 bits per heavy atom. The molecule has 0 aliphatic carbocycles. The molecule has 3 heterocycles. The van der Waals surface area contributed by atoms with Crippen LogP contribution in [0.5, 0.6) is 0 Å². The van der Waals surface area contributed by atoms with Crippen LogP contribution in [0.1, 0.15) is 24.4 Å². The molecule has 0 unspecified atom stereocenters. The maximum absolute atomic E-state index is 5.55. The van der Waals surface area contributed by atoms with Gasteiger partial charge >= 0.3 is 0 Å². The average Bonchev–Trinajstić information content (AvgIpc) is 3.00. The normalized spacial score (nSPS) is 19.9. The number of hydrogen-bond acceptors (Lipinski definition) is 6. The number of ether oxygens (including phenoxy) is 1. The van der Waals surface area contributed by atoms with E-state index in [1.54, 1.807) is 5.51 Å². The van der Waals surface area contributed by atoms with Gasteiger partial charge in [-0.1, -0.05) is 5.16 Å². The Bertz CT molecular complexity index is 502. The highest BCUT2D eigenvalue weighted by Crippen LogP contribution is 2.26. The van der Waals surface area contributed by atoms with Gasteiger partial charge in [-0.3, -0.25) is 0 Å². The van der Waals surface area contributed by atoms with E-state index >= 15 is 0 Å². The molecule has 1 saturated heterocycles. The van der Waals surface area contributed by atoms with Crippen molar-refractivity contribution in [1.82, 2.24) is 15.1 Å². The molecule has 0 aromatic carbocycles. The van der Waals surface area contributed by atoms with Crippen LogP contribution < -0.4 is 0 Å². The van der Waals surface area contributed by atoms with Crippen molar-refractivity contribution in [2.75, 3.05) is 6.61 Å². The molecule has 5 nitrogen and oxygen atoms in total. The van der Waals surface area contributed by atoms with Crippen molar-refractivity contribution in [2.24, 2.45) is 0 Å². The fourth-order valence-electron chi connectivity index (χ4n) is 1.95. The van der Waals surface area contributed by atoms with Gasteiger partial charge in [0.2, 0.25) is 0 Å². The van der Waals surface area contributed by atoms with Crippen molar-refractivity contribution in [3.8, 4) is 10.8 Å². The topological polar surface area (TPSA) is 61.0 Å². The second-order valence-corrected chi connectivity index (χ2v) is 4.98. The van der Waals surface area contributed by atoms with Gasteiger partial charge in [0.1, 0.15) is 4.88 Å². The second-order valence-electron chi connectivity index (χ2n) is 4.12. The summed E-state index contributed by atoms with van der Waals surface area (Å²) in [6.07, 6.45) is 3.21. The predicted molar refractivity (Wildman–Crippen MR) is 62.8 cm³/mol. The lowest BCUT2D eigenvalue weighted by atomic mass is 10.2. The van der Waals surface area contributed by atoms with E-state index in [0.29, 0.717) is 5.89 Å². The van der Waals surface area contributed by atoms with E-state index in [9.17, 15) is 0 Å². The molecule has 17 heavy (non-hydrogen) atoms. The molecule has 0 spiro atoms. The Kier molecular flexibility index (Phi) is 2.90. The molecule has 1 aliphatic heterocycles. The van der Waals surface area contributed by atoms with E-state index in [-0.39, 0.29) is 6.10 Å². The monoisotopic (exact) mass is 251 g/mol. The number of hydrogen-bond donors (Lipinski definition) is 0. The summed E-state index contributed by atoms with van der Waals surface area (Å²) in [4.78, 5) is 9.52. The fourth-order valence-corrected chi connectivity index (χ4v) is 2.67. The molecule has 0 bridgehead atoms. The summed E-state index contributed by atoms with van der Waals surface area (Å²) in [6.45, 7) is 2.79.